The molecule has 29 heavy (non-hydrogen) atoms. The van der Waals surface area contributed by atoms with E-state index in [1.807, 2.05) is 53.6 Å². The van der Waals surface area contributed by atoms with Gasteiger partial charge in [0.15, 0.2) is 0 Å². The third-order valence-corrected chi connectivity index (χ3v) is 6.24. The Bertz CT molecular complexity index is 958. The molecule has 1 heterocycles. The van der Waals surface area contributed by atoms with Crippen LogP contribution in [0.5, 0.6) is 0 Å². The lowest BCUT2D eigenvalue weighted by Gasteiger charge is -2.36. The quantitative estimate of drug-likeness (QED) is 0.741. The summed E-state index contributed by atoms with van der Waals surface area (Å²) in [4.78, 5) is 14.7. The van der Waals surface area contributed by atoms with Crippen LogP contribution in [-0.2, 0) is 11.2 Å². The van der Waals surface area contributed by atoms with Gasteiger partial charge in [0.1, 0.15) is 12.1 Å². The largest absolute Gasteiger partial charge is 0.368 e. The molecule has 0 saturated carbocycles. The minimum absolute atomic E-state index is 0.342. The third-order valence-electron chi connectivity index (χ3n) is 5.46. The third kappa shape index (κ3) is 4.79. The van der Waals surface area contributed by atoms with Crippen LogP contribution >= 0.6 is 11.8 Å². The molecule has 1 aliphatic heterocycles. The van der Waals surface area contributed by atoms with Crippen LogP contribution in [0.1, 0.15) is 30.4 Å². The molecule has 0 aliphatic carbocycles. The molecule has 1 unspecified atom stereocenters. The number of hydrogen-bond donors (Lipinski definition) is 1. The Balaban J connectivity index is 1.77. The van der Waals surface area contributed by atoms with Gasteiger partial charge in [-0.2, -0.15) is 10.5 Å². The fourth-order valence-electron chi connectivity index (χ4n) is 3.89. The van der Waals surface area contributed by atoms with Crippen molar-refractivity contribution in [1.29, 1.82) is 10.5 Å². The van der Waals surface area contributed by atoms with Crippen molar-refractivity contribution in [1.82, 2.24) is 4.90 Å². The van der Waals surface area contributed by atoms with Gasteiger partial charge in [-0.05, 0) is 47.9 Å². The maximum Gasteiger partial charge on any atom is 0.234 e. The summed E-state index contributed by atoms with van der Waals surface area (Å²) in [6, 6.07) is 17.8. The molecule has 0 aromatic heterocycles. The highest BCUT2D eigenvalue weighted by molar-refractivity contribution is 7.98. The lowest BCUT2D eigenvalue weighted by atomic mass is 9.95. The van der Waals surface area contributed by atoms with Crippen LogP contribution in [0.4, 0.5) is 0 Å². The van der Waals surface area contributed by atoms with Crippen molar-refractivity contribution < 1.29 is 4.79 Å². The van der Waals surface area contributed by atoms with E-state index in [0.717, 1.165) is 47.4 Å². The average molecular weight is 405 g/mol. The van der Waals surface area contributed by atoms with Gasteiger partial charge in [0.2, 0.25) is 5.91 Å². The van der Waals surface area contributed by atoms with E-state index in [0.29, 0.717) is 12.0 Å². The van der Waals surface area contributed by atoms with E-state index in [2.05, 4.69) is 12.1 Å². The van der Waals surface area contributed by atoms with Crippen molar-refractivity contribution in [3.05, 3.63) is 53.6 Å². The van der Waals surface area contributed by atoms with Crippen molar-refractivity contribution in [3.8, 4) is 23.3 Å². The molecule has 1 aliphatic rings. The second kappa shape index (κ2) is 9.60. The normalized spacial score (nSPS) is 17.8. The fraction of sp³-hybridized carbons (Fsp3) is 0.348. The molecule has 3 rings (SSSR count). The van der Waals surface area contributed by atoms with E-state index in [4.69, 9.17) is 5.73 Å². The summed E-state index contributed by atoms with van der Waals surface area (Å²) in [5.41, 5.74) is 9.41. The SMILES string of the molecule is CSc1cc(-c2ccc(C[C@@H](C#N)N3CCCCC3C(N)=O)cc2)ccc1C#N. The van der Waals surface area contributed by atoms with Gasteiger partial charge < -0.3 is 5.73 Å². The first-order valence-electron chi connectivity index (χ1n) is 9.69. The minimum atomic E-state index is -0.364. The summed E-state index contributed by atoms with van der Waals surface area (Å²) in [7, 11) is 0. The van der Waals surface area contributed by atoms with Crippen molar-refractivity contribution in [2.75, 3.05) is 12.8 Å². The Morgan fingerprint density at radius 1 is 1.21 bits per heavy atom. The number of piperidine rings is 1. The summed E-state index contributed by atoms with van der Waals surface area (Å²) >= 11 is 1.56. The first-order chi connectivity index (χ1) is 14.1. The van der Waals surface area contributed by atoms with E-state index in [-0.39, 0.29) is 18.0 Å². The number of carbonyl (C=O) groups is 1. The minimum Gasteiger partial charge on any atom is -0.368 e. The molecule has 1 fully saturated rings. The van der Waals surface area contributed by atoms with Gasteiger partial charge in [-0.1, -0.05) is 36.8 Å². The van der Waals surface area contributed by atoms with Crippen LogP contribution in [0.15, 0.2) is 47.4 Å². The summed E-state index contributed by atoms with van der Waals surface area (Å²) < 4.78 is 0. The van der Waals surface area contributed by atoms with Crippen molar-refractivity contribution in [2.45, 2.75) is 42.7 Å². The molecule has 0 radical (unpaired) electrons. The number of likely N-dealkylation sites (tertiary alicyclic amines) is 1. The van der Waals surface area contributed by atoms with Crippen LogP contribution in [0.2, 0.25) is 0 Å². The van der Waals surface area contributed by atoms with Crippen molar-refractivity contribution in [3.63, 3.8) is 0 Å². The van der Waals surface area contributed by atoms with Crippen LogP contribution < -0.4 is 5.73 Å². The maximum absolute atomic E-state index is 11.8. The van der Waals surface area contributed by atoms with Gasteiger partial charge in [-0.3, -0.25) is 9.69 Å². The highest BCUT2D eigenvalue weighted by Gasteiger charge is 2.32. The number of benzene rings is 2. The van der Waals surface area contributed by atoms with E-state index >= 15 is 0 Å². The molecule has 5 nitrogen and oxygen atoms in total. The Morgan fingerprint density at radius 2 is 1.93 bits per heavy atom. The smallest absolute Gasteiger partial charge is 0.234 e. The van der Waals surface area contributed by atoms with Gasteiger partial charge in [0.25, 0.3) is 0 Å². The fourth-order valence-corrected chi connectivity index (χ4v) is 4.47. The number of primary amides is 1. The van der Waals surface area contributed by atoms with Crippen LogP contribution in [0.25, 0.3) is 11.1 Å². The number of amides is 1. The number of hydrogen-bond acceptors (Lipinski definition) is 5. The zero-order valence-electron chi connectivity index (χ0n) is 16.5. The first kappa shape index (κ1) is 20.9. The van der Waals surface area contributed by atoms with Gasteiger partial charge in [0, 0.05) is 17.9 Å². The number of nitriles is 2. The topological polar surface area (TPSA) is 93.9 Å². The standard InChI is InChI=1S/C23H24N4OS/c1-29-22-13-18(9-10-19(22)14-24)17-7-5-16(6-8-17)12-20(15-25)27-11-3-2-4-21(27)23(26)28/h5-10,13,20-21H,2-4,11-12H2,1H3,(H2,26,28)/t20-,21?/m0/s1. The van der Waals surface area contributed by atoms with Gasteiger partial charge >= 0.3 is 0 Å². The number of thioether (sulfide) groups is 1. The predicted molar refractivity (Wildman–Crippen MR) is 115 cm³/mol. The Labute approximate surface area is 176 Å². The molecule has 1 saturated heterocycles. The summed E-state index contributed by atoms with van der Waals surface area (Å²) in [6.45, 7) is 0.729. The number of nitrogens with two attached hydrogens (primary N) is 1. The second-order valence-corrected chi connectivity index (χ2v) is 8.07. The molecule has 6 heteroatoms. The number of nitrogens with zero attached hydrogens (tertiary/aromatic N) is 3. The Hall–Kier alpha value is -2.80. The first-order valence-corrected chi connectivity index (χ1v) is 10.9. The second-order valence-electron chi connectivity index (χ2n) is 7.22. The molecular weight excluding hydrogens is 380 g/mol. The number of carbonyl (C=O) groups excluding carboxylic acids is 1. The lowest BCUT2D eigenvalue weighted by molar-refractivity contribution is -0.125. The molecule has 2 N–H and O–H groups in total. The zero-order chi connectivity index (χ0) is 20.8. The lowest BCUT2D eigenvalue weighted by Crippen LogP contribution is -2.52. The molecule has 2 aromatic rings. The molecule has 2 atom stereocenters. The van der Waals surface area contributed by atoms with Crippen LogP contribution in [0.3, 0.4) is 0 Å². The summed E-state index contributed by atoms with van der Waals surface area (Å²) in [6.07, 6.45) is 5.20. The summed E-state index contributed by atoms with van der Waals surface area (Å²) in [5.74, 6) is -0.342. The highest BCUT2D eigenvalue weighted by atomic mass is 32.2. The van der Waals surface area contributed by atoms with Gasteiger partial charge in [-0.15, -0.1) is 11.8 Å². The van der Waals surface area contributed by atoms with Gasteiger partial charge in [0.05, 0.1) is 17.7 Å². The monoisotopic (exact) mass is 404 g/mol. The van der Waals surface area contributed by atoms with E-state index in [9.17, 15) is 15.3 Å². The number of rotatable bonds is 6. The van der Waals surface area contributed by atoms with Crippen LogP contribution in [-0.4, -0.2) is 35.7 Å². The highest BCUT2D eigenvalue weighted by Crippen LogP contribution is 2.28. The molecule has 2 aromatic carbocycles. The molecule has 0 spiro atoms. The Morgan fingerprint density at radius 3 is 2.55 bits per heavy atom. The molecule has 0 bridgehead atoms. The maximum atomic E-state index is 11.8. The van der Waals surface area contributed by atoms with Gasteiger partial charge in [-0.25, -0.2) is 0 Å². The molecule has 1 amide bonds. The zero-order valence-corrected chi connectivity index (χ0v) is 17.3. The van der Waals surface area contributed by atoms with Crippen molar-refractivity contribution in [2.24, 2.45) is 5.73 Å². The average Bonchev–Trinajstić information content (AvgIpc) is 2.77. The molecular formula is C23H24N4OS. The van der Waals surface area contributed by atoms with E-state index in [1.54, 1.807) is 11.8 Å². The van der Waals surface area contributed by atoms with E-state index in [1.165, 1.54) is 0 Å². The summed E-state index contributed by atoms with van der Waals surface area (Å²) in [5, 5.41) is 18.9. The van der Waals surface area contributed by atoms with Crippen molar-refractivity contribution >= 4 is 17.7 Å². The Kier molecular flexibility index (Phi) is 6.93. The van der Waals surface area contributed by atoms with Crippen LogP contribution in [0, 0.1) is 22.7 Å². The predicted octanol–water partition coefficient (Wildman–Crippen LogP) is 3.72. The van der Waals surface area contributed by atoms with E-state index < -0.39 is 0 Å². The molecule has 148 valence electrons.